The molecule has 0 aromatic heterocycles. The van der Waals surface area contributed by atoms with Crippen molar-refractivity contribution in [1.82, 2.24) is 0 Å². The van der Waals surface area contributed by atoms with E-state index in [0.29, 0.717) is 0 Å². The SMILES string of the molecule is CC(=O)C(C(=O)[O-])C(C)(C)CCl. The Morgan fingerprint density at radius 2 is 1.92 bits per heavy atom. The Hall–Kier alpha value is -0.570. The minimum absolute atomic E-state index is 0.116. The fourth-order valence-corrected chi connectivity index (χ4v) is 1.27. The molecule has 0 amide bonds. The Labute approximate surface area is 76.7 Å². The highest BCUT2D eigenvalue weighted by molar-refractivity contribution is 6.18. The van der Waals surface area contributed by atoms with Gasteiger partial charge in [0.2, 0.25) is 0 Å². The molecule has 0 heterocycles. The molecule has 0 bridgehead atoms. The molecule has 0 aromatic rings. The van der Waals surface area contributed by atoms with Crippen LogP contribution in [0.4, 0.5) is 0 Å². The Balaban J connectivity index is 4.74. The molecule has 0 fully saturated rings. The predicted molar refractivity (Wildman–Crippen MR) is 43.7 cm³/mol. The largest absolute Gasteiger partial charge is 0.549 e. The summed E-state index contributed by atoms with van der Waals surface area (Å²) in [5.41, 5.74) is -0.744. The summed E-state index contributed by atoms with van der Waals surface area (Å²) in [4.78, 5) is 21.5. The smallest absolute Gasteiger partial charge is 0.139 e. The molecule has 3 nitrogen and oxygen atoms in total. The third-order valence-corrected chi connectivity index (χ3v) is 2.46. The van der Waals surface area contributed by atoms with Gasteiger partial charge in [-0.2, -0.15) is 0 Å². The number of aliphatic carboxylic acids is 1. The van der Waals surface area contributed by atoms with Gasteiger partial charge >= 0.3 is 0 Å². The molecule has 12 heavy (non-hydrogen) atoms. The first-order valence-electron chi connectivity index (χ1n) is 3.60. The number of halogens is 1. The van der Waals surface area contributed by atoms with Crippen LogP contribution < -0.4 is 5.11 Å². The number of Topliss-reactive ketones (excluding diaryl/α,β-unsaturated/α-hetero) is 1. The fourth-order valence-electron chi connectivity index (χ4n) is 1.11. The maximum absolute atomic E-state index is 10.9. The van der Waals surface area contributed by atoms with Crippen molar-refractivity contribution >= 4 is 23.4 Å². The highest BCUT2D eigenvalue weighted by atomic mass is 35.5. The van der Waals surface area contributed by atoms with E-state index in [0.717, 1.165) is 0 Å². The van der Waals surface area contributed by atoms with Gasteiger partial charge in [0.1, 0.15) is 5.78 Å². The van der Waals surface area contributed by atoms with Crippen LogP contribution in [-0.4, -0.2) is 17.6 Å². The number of alkyl halides is 1. The van der Waals surface area contributed by atoms with Crippen LogP contribution in [0.5, 0.6) is 0 Å². The van der Waals surface area contributed by atoms with E-state index in [4.69, 9.17) is 11.6 Å². The Kier molecular flexibility index (Phi) is 3.71. The molecule has 0 saturated carbocycles. The second kappa shape index (κ2) is 3.90. The minimum atomic E-state index is -1.35. The average molecular weight is 192 g/mol. The van der Waals surface area contributed by atoms with Gasteiger partial charge < -0.3 is 9.90 Å². The first kappa shape index (κ1) is 11.4. The molecule has 1 unspecified atom stereocenters. The summed E-state index contributed by atoms with van der Waals surface area (Å²) in [6.07, 6.45) is 0. The van der Waals surface area contributed by atoms with Crippen molar-refractivity contribution in [3.8, 4) is 0 Å². The number of ketones is 1. The summed E-state index contributed by atoms with van der Waals surface area (Å²) < 4.78 is 0. The highest BCUT2D eigenvalue weighted by Gasteiger charge is 2.33. The van der Waals surface area contributed by atoms with Gasteiger partial charge in [-0.1, -0.05) is 13.8 Å². The van der Waals surface area contributed by atoms with Crippen molar-refractivity contribution in [3.05, 3.63) is 0 Å². The van der Waals surface area contributed by atoms with Crippen LogP contribution in [0.15, 0.2) is 0 Å². The first-order chi connectivity index (χ1) is 5.33. The normalized spacial score (nSPS) is 14.0. The van der Waals surface area contributed by atoms with Crippen molar-refractivity contribution in [2.45, 2.75) is 20.8 Å². The Morgan fingerprint density at radius 1 is 1.50 bits per heavy atom. The van der Waals surface area contributed by atoms with Crippen LogP contribution >= 0.6 is 11.6 Å². The van der Waals surface area contributed by atoms with Crippen molar-refractivity contribution in [2.75, 3.05) is 5.88 Å². The topological polar surface area (TPSA) is 57.2 Å². The molecule has 70 valence electrons. The van der Waals surface area contributed by atoms with Crippen molar-refractivity contribution in [3.63, 3.8) is 0 Å². The third kappa shape index (κ3) is 2.48. The summed E-state index contributed by atoms with van der Waals surface area (Å²) in [6.45, 7) is 4.48. The number of carboxylic acid groups (broad SMARTS) is 1. The second-order valence-corrected chi connectivity index (χ2v) is 3.75. The van der Waals surface area contributed by atoms with Crippen LogP contribution in [-0.2, 0) is 9.59 Å². The number of carbonyl (C=O) groups excluding carboxylic acids is 2. The lowest BCUT2D eigenvalue weighted by atomic mass is 9.78. The monoisotopic (exact) mass is 191 g/mol. The lowest BCUT2D eigenvalue weighted by Gasteiger charge is -2.31. The summed E-state index contributed by atoms with van der Waals surface area (Å²) in [7, 11) is 0. The van der Waals surface area contributed by atoms with E-state index in [2.05, 4.69) is 0 Å². The van der Waals surface area contributed by atoms with E-state index < -0.39 is 23.1 Å². The molecular formula is C8H12ClO3-. The van der Waals surface area contributed by atoms with Gasteiger partial charge in [-0.3, -0.25) is 4.79 Å². The minimum Gasteiger partial charge on any atom is -0.549 e. The fraction of sp³-hybridized carbons (Fsp3) is 0.750. The van der Waals surface area contributed by atoms with E-state index in [1.165, 1.54) is 6.92 Å². The molecule has 0 aliphatic carbocycles. The van der Waals surface area contributed by atoms with E-state index in [1.807, 2.05) is 0 Å². The highest BCUT2D eigenvalue weighted by Crippen LogP contribution is 2.28. The van der Waals surface area contributed by atoms with Crippen LogP contribution in [0.2, 0.25) is 0 Å². The number of carboxylic acids is 1. The number of hydrogen-bond donors (Lipinski definition) is 0. The van der Waals surface area contributed by atoms with Gasteiger partial charge in [0.25, 0.3) is 0 Å². The molecule has 0 saturated heterocycles. The zero-order valence-electron chi connectivity index (χ0n) is 7.39. The second-order valence-electron chi connectivity index (χ2n) is 3.48. The van der Waals surface area contributed by atoms with Crippen LogP contribution in [0.1, 0.15) is 20.8 Å². The van der Waals surface area contributed by atoms with Crippen molar-refractivity contribution in [2.24, 2.45) is 11.3 Å². The molecular weight excluding hydrogens is 180 g/mol. The lowest BCUT2D eigenvalue weighted by Crippen LogP contribution is -2.45. The first-order valence-corrected chi connectivity index (χ1v) is 4.13. The third-order valence-electron chi connectivity index (χ3n) is 1.77. The Morgan fingerprint density at radius 3 is 2.00 bits per heavy atom. The van der Waals surface area contributed by atoms with Crippen molar-refractivity contribution in [1.29, 1.82) is 0 Å². The van der Waals surface area contributed by atoms with Gasteiger partial charge in [-0.15, -0.1) is 11.6 Å². The van der Waals surface area contributed by atoms with Gasteiger partial charge in [-0.05, 0) is 12.3 Å². The zero-order chi connectivity index (χ0) is 9.94. The summed E-state index contributed by atoms with van der Waals surface area (Å²) in [5, 5.41) is 10.6. The number of hydrogen-bond acceptors (Lipinski definition) is 3. The molecule has 0 aliphatic rings. The molecule has 0 aromatic carbocycles. The molecule has 0 rings (SSSR count). The van der Waals surface area contributed by atoms with Gasteiger partial charge in [0.15, 0.2) is 0 Å². The number of rotatable bonds is 4. The van der Waals surface area contributed by atoms with E-state index in [1.54, 1.807) is 13.8 Å². The quantitative estimate of drug-likeness (QED) is 0.472. The van der Waals surface area contributed by atoms with Crippen LogP contribution in [0, 0.1) is 11.3 Å². The summed E-state index contributed by atoms with van der Waals surface area (Å²) in [5.74, 6) is -2.77. The molecule has 0 N–H and O–H groups in total. The molecule has 0 radical (unpaired) electrons. The van der Waals surface area contributed by atoms with E-state index in [9.17, 15) is 14.7 Å². The lowest BCUT2D eigenvalue weighted by molar-refractivity contribution is -0.312. The standard InChI is InChI=1S/C8H13ClO3/c1-5(10)6(7(11)12)8(2,3)4-9/h6H,4H2,1-3H3,(H,11,12)/p-1. The molecule has 0 spiro atoms. The molecule has 4 heteroatoms. The predicted octanol–water partition coefficient (Wildman–Crippen LogP) is 0.206. The van der Waals surface area contributed by atoms with Gasteiger partial charge in [0, 0.05) is 5.88 Å². The average Bonchev–Trinajstić information content (AvgIpc) is 1.84. The van der Waals surface area contributed by atoms with E-state index in [-0.39, 0.29) is 5.88 Å². The van der Waals surface area contributed by atoms with Gasteiger partial charge in [0.05, 0.1) is 11.9 Å². The van der Waals surface area contributed by atoms with Crippen LogP contribution in [0.25, 0.3) is 0 Å². The van der Waals surface area contributed by atoms with Gasteiger partial charge in [-0.25, -0.2) is 0 Å². The van der Waals surface area contributed by atoms with Crippen molar-refractivity contribution < 1.29 is 14.7 Å². The zero-order valence-corrected chi connectivity index (χ0v) is 8.14. The van der Waals surface area contributed by atoms with Crippen LogP contribution in [0.3, 0.4) is 0 Å². The molecule has 0 aliphatic heterocycles. The number of carbonyl (C=O) groups is 2. The Bertz CT molecular complexity index is 184. The molecule has 1 atom stereocenters. The maximum Gasteiger partial charge on any atom is 0.139 e. The maximum atomic E-state index is 10.9. The van der Waals surface area contributed by atoms with E-state index >= 15 is 0 Å². The summed E-state index contributed by atoms with van der Waals surface area (Å²) in [6, 6.07) is 0. The summed E-state index contributed by atoms with van der Waals surface area (Å²) >= 11 is 5.53.